The summed E-state index contributed by atoms with van der Waals surface area (Å²) in [5, 5.41) is 0. The Morgan fingerprint density at radius 2 is 1.41 bits per heavy atom. The number of halogens is 2. The first kappa shape index (κ1) is 29.4. The minimum atomic E-state index is -0.826. The van der Waals surface area contributed by atoms with Crippen LogP contribution in [-0.4, -0.2) is 0 Å². The second-order valence-corrected chi connectivity index (χ2v) is 11.7. The third-order valence-electron chi connectivity index (χ3n) is 6.42. The molecule has 0 aliphatic heterocycles. The molecular weight excluding hydrogens is 474 g/mol. The van der Waals surface area contributed by atoms with Gasteiger partial charge in [0.1, 0.15) is 0 Å². The van der Waals surface area contributed by atoms with Crippen molar-refractivity contribution in [2.24, 2.45) is 11.3 Å². The topological polar surface area (TPSA) is 0 Å². The molecule has 0 aromatic heterocycles. The number of fused-ring (bicyclic) bond motifs is 2. The molecule has 0 amide bonds. The number of rotatable bonds is 2. The van der Waals surface area contributed by atoms with Crippen molar-refractivity contribution >= 4 is 17.0 Å². The van der Waals surface area contributed by atoms with E-state index in [4.69, 9.17) is 17.0 Å². The van der Waals surface area contributed by atoms with Gasteiger partial charge in [-0.15, -0.1) is 0 Å². The molecule has 0 saturated heterocycles. The Kier molecular flexibility index (Phi) is 15.5. The van der Waals surface area contributed by atoms with Crippen molar-refractivity contribution in [3.8, 4) is 0 Å². The molecule has 4 rings (SSSR count). The second-order valence-electron chi connectivity index (χ2n) is 7.98. The molecule has 0 aromatic rings. The summed E-state index contributed by atoms with van der Waals surface area (Å²) in [7, 11) is 9.87. The van der Waals surface area contributed by atoms with Crippen LogP contribution in [0.15, 0.2) is 46.1 Å². The quantitative estimate of drug-likeness (QED) is 0.320. The van der Waals surface area contributed by atoms with Gasteiger partial charge >= 0.3 is 37.9 Å². The van der Waals surface area contributed by atoms with Crippen molar-refractivity contribution in [3.05, 3.63) is 53.5 Å². The molecule has 1 saturated carbocycles. The van der Waals surface area contributed by atoms with Crippen molar-refractivity contribution < 1.29 is 20.8 Å². The van der Waals surface area contributed by atoms with Crippen molar-refractivity contribution in [2.45, 2.75) is 99.3 Å². The third kappa shape index (κ3) is 6.95. The van der Waals surface area contributed by atoms with Crippen LogP contribution in [0.4, 0.5) is 0 Å². The zero-order valence-corrected chi connectivity index (χ0v) is 23.9. The van der Waals surface area contributed by atoms with Crippen molar-refractivity contribution in [3.63, 3.8) is 0 Å². The maximum absolute atomic E-state index is 4.93. The van der Waals surface area contributed by atoms with Gasteiger partial charge < -0.3 is 7.43 Å². The van der Waals surface area contributed by atoms with Crippen LogP contribution >= 0.6 is 17.0 Å². The van der Waals surface area contributed by atoms with Gasteiger partial charge in [-0.1, -0.05) is 72.6 Å². The molecule has 0 nitrogen and oxygen atoms in total. The van der Waals surface area contributed by atoms with Gasteiger partial charge in [0.25, 0.3) is 0 Å². The normalized spacial score (nSPS) is 19.9. The van der Waals surface area contributed by atoms with Gasteiger partial charge in [-0.3, -0.25) is 0 Å². The maximum atomic E-state index is 4.93. The van der Waals surface area contributed by atoms with Gasteiger partial charge in [0.2, 0.25) is 0 Å². The molecule has 166 valence electrons. The van der Waals surface area contributed by atoms with Crippen LogP contribution in [-0.2, 0) is 20.8 Å². The van der Waals surface area contributed by atoms with E-state index >= 15 is 0 Å². The summed E-state index contributed by atoms with van der Waals surface area (Å²) in [5.41, 5.74) is 8.80. The summed E-state index contributed by atoms with van der Waals surface area (Å²) in [6, 6.07) is 0. The molecule has 0 unspecified atom stereocenters. The molecule has 0 atom stereocenters. The third-order valence-corrected chi connectivity index (χ3v) is 6.42. The number of hydrogen-bond acceptors (Lipinski definition) is 0. The standard InChI is InChI=1S/C21H28.2C2H6.CH3.2ClH.Zr/c1-21(2,15-9-3-4-10-15)20-18-13-7-5-11-16(18)17-12-6-8-14-19(17)20;2*1-2;;;;/h7,11,13,15H,3-6,8-10,12,14H2,1-2H3;2*1-2H3;1H3;2*1H;/q;;;-1;;;+2/p-2. The number of hydrogen-bond donors (Lipinski definition) is 0. The van der Waals surface area contributed by atoms with Crippen LogP contribution in [0.25, 0.3) is 0 Å². The van der Waals surface area contributed by atoms with E-state index in [1.54, 1.807) is 27.9 Å². The van der Waals surface area contributed by atoms with Crippen LogP contribution < -0.4 is 0 Å². The molecule has 4 aliphatic carbocycles. The average molecular weight is 518 g/mol. The number of allylic oxidation sites excluding steroid dienone is 8. The summed E-state index contributed by atoms with van der Waals surface area (Å²) < 4.78 is 0. The van der Waals surface area contributed by atoms with E-state index < -0.39 is 20.8 Å². The predicted molar refractivity (Wildman–Crippen MR) is 131 cm³/mol. The van der Waals surface area contributed by atoms with E-state index in [1.807, 2.05) is 27.7 Å². The molecule has 0 heterocycles. The molecule has 1 fully saturated rings. The zero-order chi connectivity index (χ0) is 21.2. The summed E-state index contributed by atoms with van der Waals surface area (Å²) in [6.07, 6.45) is 19.6. The Balaban J connectivity index is 0.000000882. The molecule has 0 radical (unpaired) electrons. The summed E-state index contributed by atoms with van der Waals surface area (Å²) in [6.45, 7) is 13.1. The minimum absolute atomic E-state index is 0. The van der Waals surface area contributed by atoms with Crippen LogP contribution in [0.2, 0.25) is 0 Å². The Labute approximate surface area is 201 Å². The summed E-state index contributed by atoms with van der Waals surface area (Å²) in [5.74, 6) is 0.894. The van der Waals surface area contributed by atoms with Crippen molar-refractivity contribution in [2.75, 3.05) is 0 Å². The van der Waals surface area contributed by atoms with E-state index in [1.165, 1.54) is 51.4 Å². The summed E-state index contributed by atoms with van der Waals surface area (Å²) in [4.78, 5) is 0. The van der Waals surface area contributed by atoms with E-state index in [2.05, 4.69) is 32.1 Å². The molecule has 0 aromatic carbocycles. The Bertz CT molecular complexity index is 602. The van der Waals surface area contributed by atoms with Gasteiger partial charge in [0, 0.05) is 0 Å². The average Bonchev–Trinajstić information content (AvgIpc) is 3.39. The molecule has 0 spiro atoms. The van der Waals surface area contributed by atoms with Crippen molar-refractivity contribution in [1.82, 2.24) is 0 Å². The van der Waals surface area contributed by atoms with Crippen LogP contribution in [0.5, 0.6) is 0 Å². The zero-order valence-electron chi connectivity index (χ0n) is 19.9. The molecular formula is C26H43Cl2Zr-. The van der Waals surface area contributed by atoms with Gasteiger partial charge in [-0.2, -0.15) is 0 Å². The SMILES string of the molecule is CC.CC.CC(C)(C1=C2C=CCC=C2C2=C1CCCC2)C1CCCC1.[CH3-].[Cl][Zr][Cl]. The molecule has 29 heavy (non-hydrogen) atoms. The van der Waals surface area contributed by atoms with Gasteiger partial charge in [-0.25, -0.2) is 0 Å². The van der Waals surface area contributed by atoms with Gasteiger partial charge in [0.15, 0.2) is 0 Å². The van der Waals surface area contributed by atoms with Crippen LogP contribution in [0.3, 0.4) is 0 Å². The fraction of sp³-hybridized carbons (Fsp3) is 0.654. The van der Waals surface area contributed by atoms with E-state index in [9.17, 15) is 0 Å². The van der Waals surface area contributed by atoms with E-state index in [-0.39, 0.29) is 7.43 Å². The first-order valence-electron chi connectivity index (χ1n) is 11.4. The van der Waals surface area contributed by atoms with Gasteiger partial charge in [0.05, 0.1) is 0 Å². The van der Waals surface area contributed by atoms with Crippen molar-refractivity contribution in [1.29, 1.82) is 0 Å². The first-order valence-corrected chi connectivity index (χ1v) is 17.7. The fourth-order valence-corrected chi connectivity index (χ4v) is 5.30. The Morgan fingerprint density at radius 3 is 1.97 bits per heavy atom. The molecule has 3 heteroatoms. The molecule has 4 aliphatic rings. The first-order chi connectivity index (χ1) is 13.6. The fourth-order valence-electron chi connectivity index (χ4n) is 5.30. The molecule has 0 N–H and O–H groups in total. The monoisotopic (exact) mass is 515 g/mol. The second kappa shape index (κ2) is 15.3. The van der Waals surface area contributed by atoms with E-state index in [0.29, 0.717) is 5.41 Å². The van der Waals surface area contributed by atoms with Crippen LogP contribution in [0.1, 0.15) is 99.3 Å². The summed E-state index contributed by atoms with van der Waals surface area (Å²) >= 11 is -0.826. The van der Waals surface area contributed by atoms with E-state index in [0.717, 1.165) is 12.3 Å². The Hall–Kier alpha value is 0.423. The predicted octanol–water partition coefficient (Wildman–Crippen LogP) is 10.1. The van der Waals surface area contributed by atoms with Gasteiger partial charge in [-0.05, 0) is 84.1 Å². The molecule has 0 bridgehead atoms. The van der Waals surface area contributed by atoms with Crippen LogP contribution in [0, 0.1) is 18.8 Å². The Morgan fingerprint density at radius 1 is 0.897 bits per heavy atom.